The Bertz CT molecular complexity index is 584. The first-order chi connectivity index (χ1) is 8.53. The second-order valence-electron chi connectivity index (χ2n) is 4.28. The number of nitrogens with two attached hydrogens (primary N) is 1. The van der Waals surface area contributed by atoms with Crippen molar-refractivity contribution in [3.63, 3.8) is 0 Å². The van der Waals surface area contributed by atoms with E-state index in [0.717, 1.165) is 12.8 Å². The summed E-state index contributed by atoms with van der Waals surface area (Å²) in [6.45, 7) is 0.616. The minimum Gasteiger partial charge on any atom is -0.398 e. The van der Waals surface area contributed by atoms with E-state index in [4.69, 9.17) is 15.7 Å². The Morgan fingerprint density at radius 1 is 1.50 bits per heavy atom. The molecule has 1 unspecified atom stereocenters. The number of sulfone groups is 1. The smallest absolute Gasteiger partial charge is 0.180 e. The van der Waals surface area contributed by atoms with Gasteiger partial charge in [-0.3, -0.25) is 0 Å². The van der Waals surface area contributed by atoms with Gasteiger partial charge in [0.25, 0.3) is 0 Å². The van der Waals surface area contributed by atoms with Crippen molar-refractivity contribution in [2.75, 3.05) is 18.1 Å². The molecule has 0 bridgehead atoms. The van der Waals surface area contributed by atoms with Gasteiger partial charge in [-0.1, -0.05) is 0 Å². The molecule has 6 heteroatoms. The lowest BCUT2D eigenvalue weighted by Gasteiger charge is -2.10. The van der Waals surface area contributed by atoms with Crippen LogP contribution in [0.25, 0.3) is 0 Å². The van der Waals surface area contributed by atoms with E-state index in [1.807, 2.05) is 6.07 Å². The Morgan fingerprint density at radius 2 is 2.28 bits per heavy atom. The third-order valence-corrected chi connectivity index (χ3v) is 4.72. The summed E-state index contributed by atoms with van der Waals surface area (Å²) in [5.41, 5.74) is 6.03. The quantitative estimate of drug-likeness (QED) is 0.827. The van der Waals surface area contributed by atoms with Crippen LogP contribution in [0.1, 0.15) is 18.4 Å². The molecule has 18 heavy (non-hydrogen) atoms. The maximum atomic E-state index is 12.1. The first-order valence-corrected chi connectivity index (χ1v) is 7.32. The highest BCUT2D eigenvalue weighted by Crippen LogP contribution is 2.22. The molecule has 5 nitrogen and oxygen atoms in total. The van der Waals surface area contributed by atoms with Crippen molar-refractivity contribution < 1.29 is 13.2 Å². The van der Waals surface area contributed by atoms with Crippen LogP contribution >= 0.6 is 0 Å². The van der Waals surface area contributed by atoms with Crippen molar-refractivity contribution in [3.8, 4) is 6.07 Å². The first kappa shape index (κ1) is 12.9. The van der Waals surface area contributed by atoms with Gasteiger partial charge in [-0.2, -0.15) is 5.26 Å². The Morgan fingerprint density at radius 3 is 2.89 bits per heavy atom. The number of ether oxygens (including phenoxy) is 1. The first-order valence-electron chi connectivity index (χ1n) is 5.67. The SMILES string of the molecule is N#Cc1cc(S(=O)(=O)CC2CCCO2)ccc1N. The second kappa shape index (κ2) is 4.96. The highest BCUT2D eigenvalue weighted by atomic mass is 32.2. The molecule has 0 radical (unpaired) electrons. The number of rotatable bonds is 3. The minimum atomic E-state index is -3.42. The fraction of sp³-hybridized carbons (Fsp3) is 0.417. The molecule has 1 aromatic carbocycles. The third-order valence-electron chi connectivity index (χ3n) is 2.93. The summed E-state index contributed by atoms with van der Waals surface area (Å²) in [7, 11) is -3.42. The summed E-state index contributed by atoms with van der Waals surface area (Å²) in [4.78, 5) is 0.128. The molecule has 0 amide bonds. The van der Waals surface area contributed by atoms with E-state index in [1.54, 1.807) is 0 Å². The van der Waals surface area contributed by atoms with E-state index in [-0.39, 0.29) is 28.0 Å². The van der Waals surface area contributed by atoms with Gasteiger partial charge in [0.15, 0.2) is 9.84 Å². The summed E-state index contributed by atoms with van der Waals surface area (Å²) in [5.74, 6) is -0.0399. The van der Waals surface area contributed by atoms with Gasteiger partial charge in [0.05, 0.1) is 22.3 Å². The van der Waals surface area contributed by atoms with Gasteiger partial charge in [-0.25, -0.2) is 8.42 Å². The van der Waals surface area contributed by atoms with Crippen LogP contribution in [-0.4, -0.2) is 26.9 Å². The molecule has 1 atom stereocenters. The van der Waals surface area contributed by atoms with E-state index >= 15 is 0 Å². The molecular weight excluding hydrogens is 252 g/mol. The van der Waals surface area contributed by atoms with Crippen LogP contribution in [0.4, 0.5) is 5.69 Å². The van der Waals surface area contributed by atoms with Gasteiger partial charge < -0.3 is 10.5 Å². The number of nitrogens with zero attached hydrogens (tertiary/aromatic N) is 1. The van der Waals surface area contributed by atoms with Crippen LogP contribution in [0.3, 0.4) is 0 Å². The average Bonchev–Trinajstić information content (AvgIpc) is 2.81. The van der Waals surface area contributed by atoms with E-state index in [0.29, 0.717) is 6.61 Å². The Balaban J connectivity index is 2.27. The molecule has 1 heterocycles. The maximum Gasteiger partial charge on any atom is 0.180 e. The maximum absolute atomic E-state index is 12.1. The zero-order chi connectivity index (χ0) is 13.2. The van der Waals surface area contributed by atoms with Gasteiger partial charge in [0.2, 0.25) is 0 Å². The summed E-state index contributed by atoms with van der Waals surface area (Å²) < 4.78 is 29.6. The Hall–Kier alpha value is -1.58. The van der Waals surface area contributed by atoms with Gasteiger partial charge in [0, 0.05) is 12.3 Å². The van der Waals surface area contributed by atoms with Crippen molar-refractivity contribution in [2.24, 2.45) is 0 Å². The van der Waals surface area contributed by atoms with E-state index < -0.39 is 9.84 Å². The molecule has 96 valence electrons. The van der Waals surface area contributed by atoms with Crippen molar-refractivity contribution in [2.45, 2.75) is 23.8 Å². The topological polar surface area (TPSA) is 93.2 Å². The number of nitrogen functional groups attached to an aromatic ring is 1. The predicted molar refractivity (Wildman–Crippen MR) is 66.6 cm³/mol. The molecule has 0 aromatic heterocycles. The highest BCUT2D eigenvalue weighted by molar-refractivity contribution is 7.91. The van der Waals surface area contributed by atoms with Crippen molar-refractivity contribution in [1.82, 2.24) is 0 Å². The fourth-order valence-corrected chi connectivity index (χ4v) is 3.46. The number of anilines is 1. The van der Waals surface area contributed by atoms with Crippen LogP contribution in [0.15, 0.2) is 23.1 Å². The normalized spacial score (nSPS) is 19.6. The highest BCUT2D eigenvalue weighted by Gasteiger charge is 2.25. The lowest BCUT2D eigenvalue weighted by atomic mass is 10.2. The summed E-state index contributed by atoms with van der Waals surface area (Å²) >= 11 is 0. The second-order valence-corrected chi connectivity index (χ2v) is 6.31. The van der Waals surface area contributed by atoms with Gasteiger partial charge in [0.1, 0.15) is 6.07 Å². The average molecular weight is 266 g/mol. The summed E-state index contributed by atoms with van der Waals surface area (Å²) in [5, 5.41) is 8.84. The summed E-state index contributed by atoms with van der Waals surface area (Å²) in [6, 6.07) is 6.08. The van der Waals surface area contributed by atoms with E-state index in [9.17, 15) is 8.42 Å². The van der Waals surface area contributed by atoms with E-state index in [1.165, 1.54) is 18.2 Å². The number of benzene rings is 1. The van der Waals surface area contributed by atoms with Crippen molar-refractivity contribution in [1.29, 1.82) is 5.26 Å². The molecule has 0 aliphatic carbocycles. The fourth-order valence-electron chi connectivity index (χ4n) is 1.94. The van der Waals surface area contributed by atoms with Crippen LogP contribution in [0.5, 0.6) is 0 Å². The minimum absolute atomic E-state index is 0.0399. The molecule has 1 saturated heterocycles. The van der Waals surface area contributed by atoms with Crippen LogP contribution in [0, 0.1) is 11.3 Å². The largest absolute Gasteiger partial charge is 0.398 e. The van der Waals surface area contributed by atoms with Crippen molar-refractivity contribution >= 4 is 15.5 Å². The number of hydrogen-bond acceptors (Lipinski definition) is 5. The lowest BCUT2D eigenvalue weighted by Crippen LogP contribution is -2.20. The number of nitriles is 1. The zero-order valence-corrected chi connectivity index (χ0v) is 10.6. The van der Waals surface area contributed by atoms with Gasteiger partial charge in [-0.05, 0) is 31.0 Å². The van der Waals surface area contributed by atoms with Crippen LogP contribution in [0.2, 0.25) is 0 Å². The number of hydrogen-bond donors (Lipinski definition) is 1. The Kier molecular flexibility index (Phi) is 3.55. The van der Waals surface area contributed by atoms with Crippen molar-refractivity contribution in [3.05, 3.63) is 23.8 Å². The molecule has 1 aliphatic rings. The molecule has 1 fully saturated rings. The zero-order valence-electron chi connectivity index (χ0n) is 9.80. The molecule has 2 N–H and O–H groups in total. The lowest BCUT2D eigenvalue weighted by molar-refractivity contribution is 0.127. The standard InChI is InChI=1S/C12H14N2O3S/c13-7-9-6-11(3-4-12(9)14)18(15,16)8-10-2-1-5-17-10/h3-4,6,10H,1-2,5,8,14H2. The molecule has 1 aliphatic heterocycles. The van der Waals surface area contributed by atoms with Gasteiger partial charge in [-0.15, -0.1) is 0 Å². The predicted octanol–water partition coefficient (Wildman–Crippen LogP) is 1.09. The molecule has 0 spiro atoms. The third kappa shape index (κ3) is 2.63. The molecule has 2 rings (SSSR count). The molecule has 1 aromatic rings. The van der Waals surface area contributed by atoms with Crippen LogP contribution < -0.4 is 5.73 Å². The van der Waals surface area contributed by atoms with E-state index in [2.05, 4.69) is 0 Å². The molecule has 0 saturated carbocycles. The van der Waals surface area contributed by atoms with Crippen LogP contribution in [-0.2, 0) is 14.6 Å². The molecular formula is C12H14N2O3S. The summed E-state index contributed by atoms with van der Waals surface area (Å²) in [6.07, 6.45) is 1.42. The van der Waals surface area contributed by atoms with Gasteiger partial charge >= 0.3 is 0 Å². The monoisotopic (exact) mass is 266 g/mol. The Labute approximate surface area is 106 Å².